The van der Waals surface area contributed by atoms with Gasteiger partial charge in [-0.2, -0.15) is 0 Å². The minimum atomic E-state index is -0.133. The second-order valence-electron chi connectivity index (χ2n) is 5.48. The van der Waals surface area contributed by atoms with Crippen LogP contribution in [0.3, 0.4) is 0 Å². The highest BCUT2D eigenvalue weighted by atomic mass is 16.5. The van der Waals surface area contributed by atoms with E-state index in [1.165, 1.54) is 0 Å². The number of pyridine rings is 1. The molecule has 1 fully saturated rings. The molecule has 1 aliphatic heterocycles. The summed E-state index contributed by atoms with van der Waals surface area (Å²) in [6.45, 7) is 5.66. The zero-order valence-corrected chi connectivity index (χ0v) is 11.9. The second kappa shape index (κ2) is 5.38. The Bertz CT molecular complexity index is 614. The van der Waals surface area contributed by atoms with E-state index < -0.39 is 0 Å². The summed E-state index contributed by atoms with van der Waals surface area (Å²) in [5, 5.41) is 10.5. The van der Waals surface area contributed by atoms with E-state index >= 15 is 0 Å². The zero-order valence-electron chi connectivity index (χ0n) is 11.9. The Kier molecular flexibility index (Phi) is 3.59. The monoisotopic (exact) mass is 272 g/mol. The van der Waals surface area contributed by atoms with Gasteiger partial charge in [0.25, 0.3) is 0 Å². The normalized spacial score (nSPS) is 23.2. The van der Waals surface area contributed by atoms with Gasteiger partial charge in [0, 0.05) is 18.5 Å². The molecule has 2 unspecified atom stereocenters. The van der Waals surface area contributed by atoms with E-state index in [1.54, 1.807) is 0 Å². The van der Waals surface area contributed by atoms with Crippen LogP contribution in [-0.4, -0.2) is 42.0 Å². The third-order valence-corrected chi connectivity index (χ3v) is 3.72. The van der Waals surface area contributed by atoms with Gasteiger partial charge in [-0.05, 0) is 31.5 Å². The molecular weight excluding hydrogens is 252 g/mol. The molecule has 0 bridgehead atoms. The van der Waals surface area contributed by atoms with Gasteiger partial charge in [0.05, 0.1) is 24.3 Å². The molecule has 4 nitrogen and oxygen atoms in total. The molecule has 3 rings (SSSR count). The number of nitrogens with zero attached hydrogens (tertiary/aromatic N) is 2. The average molecular weight is 272 g/mol. The Morgan fingerprint density at radius 3 is 2.95 bits per heavy atom. The summed E-state index contributed by atoms with van der Waals surface area (Å²) in [7, 11) is 0. The van der Waals surface area contributed by atoms with Crippen LogP contribution < -0.4 is 4.90 Å². The van der Waals surface area contributed by atoms with Crippen LogP contribution in [0.1, 0.15) is 12.5 Å². The van der Waals surface area contributed by atoms with Gasteiger partial charge in [0.15, 0.2) is 0 Å². The van der Waals surface area contributed by atoms with Crippen molar-refractivity contribution in [1.29, 1.82) is 0 Å². The molecule has 0 aliphatic carbocycles. The third-order valence-electron chi connectivity index (χ3n) is 3.72. The highest BCUT2D eigenvalue weighted by molar-refractivity contribution is 5.81. The number of ether oxygens (including phenoxy) is 1. The predicted molar refractivity (Wildman–Crippen MR) is 80.1 cm³/mol. The number of aliphatic hydroxyl groups excluding tert-OH is 1. The van der Waals surface area contributed by atoms with Gasteiger partial charge in [0.2, 0.25) is 0 Å². The Morgan fingerprint density at radius 1 is 1.35 bits per heavy atom. The SMILES string of the molecule is Cc1cc2ccccc2nc1N1CC(C)OC(CO)C1. The molecule has 2 aromatic rings. The van der Waals surface area contributed by atoms with Crippen molar-refractivity contribution in [1.82, 2.24) is 4.98 Å². The molecule has 1 aromatic carbocycles. The first-order valence-electron chi connectivity index (χ1n) is 7.05. The first-order valence-corrected chi connectivity index (χ1v) is 7.05. The zero-order chi connectivity index (χ0) is 14.1. The number of fused-ring (bicyclic) bond motifs is 1. The van der Waals surface area contributed by atoms with E-state index in [4.69, 9.17) is 9.72 Å². The molecule has 1 aromatic heterocycles. The van der Waals surface area contributed by atoms with Crippen molar-refractivity contribution < 1.29 is 9.84 Å². The lowest BCUT2D eigenvalue weighted by molar-refractivity contribution is -0.0423. The van der Waals surface area contributed by atoms with Crippen molar-refractivity contribution in [2.24, 2.45) is 0 Å². The Labute approximate surface area is 119 Å². The highest BCUT2D eigenvalue weighted by Crippen LogP contribution is 2.25. The van der Waals surface area contributed by atoms with Crippen molar-refractivity contribution in [3.8, 4) is 0 Å². The van der Waals surface area contributed by atoms with Gasteiger partial charge in [-0.25, -0.2) is 4.98 Å². The number of benzene rings is 1. The number of aliphatic hydroxyl groups is 1. The summed E-state index contributed by atoms with van der Waals surface area (Å²) in [4.78, 5) is 7.01. The highest BCUT2D eigenvalue weighted by Gasteiger charge is 2.26. The number of aryl methyl sites for hydroxylation is 1. The first-order chi connectivity index (χ1) is 9.67. The topological polar surface area (TPSA) is 45.6 Å². The lowest BCUT2D eigenvalue weighted by atomic mass is 10.1. The molecule has 1 N–H and O–H groups in total. The standard InChI is InChI=1S/C16H20N2O2/c1-11-7-13-5-3-4-6-15(13)17-16(11)18-8-12(2)20-14(9-18)10-19/h3-7,12,14,19H,8-10H2,1-2H3. The number of para-hydroxylation sites is 1. The molecule has 0 spiro atoms. The Hall–Kier alpha value is -1.65. The molecule has 0 amide bonds. The Balaban J connectivity index is 1.98. The van der Waals surface area contributed by atoms with Crippen molar-refractivity contribution in [2.45, 2.75) is 26.1 Å². The number of rotatable bonds is 2. The summed E-state index contributed by atoms with van der Waals surface area (Å²) in [6.07, 6.45) is -0.0278. The first kappa shape index (κ1) is 13.3. The fraction of sp³-hybridized carbons (Fsp3) is 0.438. The number of anilines is 1. The van der Waals surface area contributed by atoms with Gasteiger partial charge in [0.1, 0.15) is 5.82 Å². The van der Waals surface area contributed by atoms with Crippen molar-refractivity contribution in [2.75, 3.05) is 24.6 Å². The van der Waals surface area contributed by atoms with E-state index in [0.29, 0.717) is 6.54 Å². The van der Waals surface area contributed by atoms with Crippen LogP contribution in [-0.2, 0) is 4.74 Å². The largest absolute Gasteiger partial charge is 0.394 e. The van der Waals surface area contributed by atoms with E-state index in [1.807, 2.05) is 25.1 Å². The maximum atomic E-state index is 9.34. The summed E-state index contributed by atoms with van der Waals surface area (Å²) in [5.41, 5.74) is 2.17. The minimum absolute atomic E-state index is 0.0491. The van der Waals surface area contributed by atoms with Gasteiger partial charge in [-0.15, -0.1) is 0 Å². The average Bonchev–Trinajstić information content (AvgIpc) is 2.45. The molecule has 20 heavy (non-hydrogen) atoms. The second-order valence-corrected chi connectivity index (χ2v) is 5.48. The summed E-state index contributed by atoms with van der Waals surface area (Å²) >= 11 is 0. The van der Waals surface area contributed by atoms with Crippen LogP contribution in [0.15, 0.2) is 30.3 Å². The lowest BCUT2D eigenvalue weighted by Gasteiger charge is -2.37. The lowest BCUT2D eigenvalue weighted by Crippen LogP contribution is -2.48. The van der Waals surface area contributed by atoms with Crippen LogP contribution >= 0.6 is 0 Å². The molecule has 2 atom stereocenters. The molecule has 2 heterocycles. The van der Waals surface area contributed by atoms with Gasteiger partial charge in [-0.1, -0.05) is 18.2 Å². The number of morpholine rings is 1. The van der Waals surface area contributed by atoms with E-state index in [0.717, 1.165) is 28.8 Å². The molecule has 0 saturated carbocycles. The molecule has 1 saturated heterocycles. The van der Waals surface area contributed by atoms with E-state index in [-0.39, 0.29) is 18.8 Å². The van der Waals surface area contributed by atoms with Crippen molar-refractivity contribution >= 4 is 16.7 Å². The van der Waals surface area contributed by atoms with E-state index in [2.05, 4.69) is 24.0 Å². The van der Waals surface area contributed by atoms with Crippen LogP contribution in [0.4, 0.5) is 5.82 Å². The molecule has 1 aliphatic rings. The van der Waals surface area contributed by atoms with Crippen LogP contribution in [0.25, 0.3) is 10.9 Å². The number of hydrogen-bond donors (Lipinski definition) is 1. The van der Waals surface area contributed by atoms with Crippen molar-refractivity contribution in [3.63, 3.8) is 0 Å². The van der Waals surface area contributed by atoms with Crippen LogP contribution in [0.2, 0.25) is 0 Å². The summed E-state index contributed by atoms with van der Waals surface area (Å²) in [6, 6.07) is 10.3. The quantitative estimate of drug-likeness (QED) is 0.909. The predicted octanol–water partition coefficient (Wildman–Crippen LogP) is 2.13. The minimum Gasteiger partial charge on any atom is -0.394 e. The van der Waals surface area contributed by atoms with Crippen molar-refractivity contribution in [3.05, 3.63) is 35.9 Å². The fourth-order valence-electron chi connectivity index (χ4n) is 2.85. The van der Waals surface area contributed by atoms with E-state index in [9.17, 15) is 5.11 Å². The molecular formula is C16H20N2O2. The summed E-state index contributed by atoms with van der Waals surface area (Å²) in [5.74, 6) is 0.998. The molecule has 106 valence electrons. The van der Waals surface area contributed by atoms with Crippen LogP contribution in [0, 0.1) is 6.92 Å². The van der Waals surface area contributed by atoms with Gasteiger partial charge < -0.3 is 14.7 Å². The number of hydrogen-bond acceptors (Lipinski definition) is 4. The maximum Gasteiger partial charge on any atom is 0.132 e. The van der Waals surface area contributed by atoms with Crippen LogP contribution in [0.5, 0.6) is 0 Å². The third kappa shape index (κ3) is 2.49. The Morgan fingerprint density at radius 2 is 2.15 bits per heavy atom. The number of aromatic nitrogens is 1. The smallest absolute Gasteiger partial charge is 0.132 e. The fourth-order valence-corrected chi connectivity index (χ4v) is 2.85. The maximum absolute atomic E-state index is 9.34. The molecule has 4 heteroatoms. The van der Waals surface area contributed by atoms with Gasteiger partial charge >= 0.3 is 0 Å². The summed E-state index contributed by atoms with van der Waals surface area (Å²) < 4.78 is 5.70. The van der Waals surface area contributed by atoms with Gasteiger partial charge in [-0.3, -0.25) is 0 Å². The molecule has 0 radical (unpaired) electrons.